The van der Waals surface area contributed by atoms with Crippen LogP contribution in [0.4, 0.5) is 13.2 Å². The fourth-order valence-corrected chi connectivity index (χ4v) is 0.713. The second-order valence-corrected chi connectivity index (χ2v) is 2.27. The summed E-state index contributed by atoms with van der Waals surface area (Å²) < 4.78 is 45.0. The van der Waals surface area contributed by atoms with Gasteiger partial charge >= 0.3 is 6.18 Å². The van der Waals surface area contributed by atoms with E-state index in [2.05, 4.69) is 9.47 Å². The number of ether oxygens (including phenoxy) is 2. The van der Waals surface area contributed by atoms with E-state index in [0.29, 0.717) is 0 Å². The van der Waals surface area contributed by atoms with Crippen molar-refractivity contribution in [2.24, 2.45) is 0 Å². The molecule has 0 aromatic rings. The first-order valence-electron chi connectivity index (χ1n) is 3.91. The van der Waals surface area contributed by atoms with Crippen LogP contribution in [0, 0.1) is 0 Å². The van der Waals surface area contributed by atoms with Crippen LogP contribution in [0.5, 0.6) is 0 Å². The SMILES string of the molecule is CCOC(OCC)[C@H](O)C(F)(F)F. The number of aliphatic hydroxyl groups excluding tert-OH is 1. The molecular formula is C7H13F3O3. The molecule has 1 atom stereocenters. The molecule has 0 rings (SSSR count). The molecule has 13 heavy (non-hydrogen) atoms. The fourth-order valence-electron chi connectivity index (χ4n) is 0.713. The van der Waals surface area contributed by atoms with Crippen LogP contribution in [0.25, 0.3) is 0 Å². The van der Waals surface area contributed by atoms with Crippen molar-refractivity contribution in [1.82, 2.24) is 0 Å². The van der Waals surface area contributed by atoms with Crippen molar-refractivity contribution in [2.75, 3.05) is 13.2 Å². The van der Waals surface area contributed by atoms with Crippen LogP contribution in [-0.4, -0.2) is 36.9 Å². The summed E-state index contributed by atoms with van der Waals surface area (Å²) in [6.45, 7) is 3.15. The zero-order valence-electron chi connectivity index (χ0n) is 7.47. The van der Waals surface area contributed by atoms with Crippen molar-refractivity contribution in [3.63, 3.8) is 0 Å². The molecule has 3 nitrogen and oxygen atoms in total. The standard InChI is InChI=1S/C7H13F3O3/c1-3-12-6(13-4-2)5(11)7(8,9)10/h5-6,11H,3-4H2,1-2H3/t5-/m0/s1. The van der Waals surface area contributed by atoms with Crippen LogP contribution in [0.1, 0.15) is 13.8 Å². The minimum Gasteiger partial charge on any atom is -0.380 e. The third-order valence-electron chi connectivity index (χ3n) is 1.26. The van der Waals surface area contributed by atoms with Crippen molar-refractivity contribution in [2.45, 2.75) is 32.4 Å². The number of hydrogen-bond donors (Lipinski definition) is 1. The lowest BCUT2D eigenvalue weighted by atomic mass is 10.3. The first-order valence-corrected chi connectivity index (χ1v) is 3.91. The molecule has 0 aliphatic rings. The third kappa shape index (κ3) is 4.44. The highest BCUT2D eigenvalue weighted by molar-refractivity contribution is 4.69. The average molecular weight is 202 g/mol. The molecular weight excluding hydrogens is 189 g/mol. The van der Waals surface area contributed by atoms with Gasteiger partial charge in [-0.1, -0.05) is 0 Å². The van der Waals surface area contributed by atoms with E-state index in [9.17, 15) is 13.2 Å². The van der Waals surface area contributed by atoms with Crippen LogP contribution in [0.3, 0.4) is 0 Å². The average Bonchev–Trinajstić information content (AvgIpc) is 2.01. The van der Waals surface area contributed by atoms with E-state index in [1.54, 1.807) is 0 Å². The van der Waals surface area contributed by atoms with Crippen molar-refractivity contribution >= 4 is 0 Å². The zero-order chi connectivity index (χ0) is 10.5. The molecule has 0 spiro atoms. The van der Waals surface area contributed by atoms with Gasteiger partial charge in [0.25, 0.3) is 0 Å². The molecule has 0 aliphatic carbocycles. The lowest BCUT2D eigenvalue weighted by Crippen LogP contribution is -2.42. The predicted octanol–water partition coefficient (Wildman–Crippen LogP) is 1.31. The lowest BCUT2D eigenvalue weighted by molar-refractivity contribution is -0.288. The van der Waals surface area contributed by atoms with Gasteiger partial charge in [-0.2, -0.15) is 13.2 Å². The van der Waals surface area contributed by atoms with E-state index in [-0.39, 0.29) is 13.2 Å². The highest BCUT2D eigenvalue weighted by Crippen LogP contribution is 2.24. The maximum absolute atomic E-state index is 11.9. The van der Waals surface area contributed by atoms with Gasteiger partial charge in [0.2, 0.25) is 6.10 Å². The Balaban J connectivity index is 4.18. The van der Waals surface area contributed by atoms with Crippen molar-refractivity contribution < 1.29 is 27.8 Å². The Morgan fingerprint density at radius 2 is 1.54 bits per heavy atom. The van der Waals surface area contributed by atoms with Gasteiger partial charge in [-0.05, 0) is 13.8 Å². The summed E-state index contributed by atoms with van der Waals surface area (Å²) in [5.41, 5.74) is 0. The smallest absolute Gasteiger partial charge is 0.380 e. The molecule has 0 amide bonds. The van der Waals surface area contributed by atoms with Crippen LogP contribution < -0.4 is 0 Å². The molecule has 1 N–H and O–H groups in total. The molecule has 6 heteroatoms. The third-order valence-corrected chi connectivity index (χ3v) is 1.26. The zero-order valence-corrected chi connectivity index (χ0v) is 7.47. The number of alkyl halides is 3. The van der Waals surface area contributed by atoms with E-state index in [4.69, 9.17) is 5.11 Å². The molecule has 80 valence electrons. The highest BCUT2D eigenvalue weighted by atomic mass is 19.4. The molecule has 0 aromatic heterocycles. The van der Waals surface area contributed by atoms with Crippen molar-refractivity contribution in [3.05, 3.63) is 0 Å². The quantitative estimate of drug-likeness (QED) is 0.683. The van der Waals surface area contributed by atoms with Crippen LogP contribution in [0.2, 0.25) is 0 Å². The highest BCUT2D eigenvalue weighted by Gasteiger charge is 2.44. The summed E-state index contributed by atoms with van der Waals surface area (Å²) in [7, 11) is 0. The number of halogens is 3. The second kappa shape index (κ2) is 5.41. The van der Waals surface area contributed by atoms with E-state index < -0.39 is 18.6 Å². The first kappa shape index (κ1) is 12.7. The molecule has 0 aliphatic heterocycles. The fraction of sp³-hybridized carbons (Fsp3) is 1.00. The monoisotopic (exact) mass is 202 g/mol. The van der Waals surface area contributed by atoms with E-state index in [1.807, 2.05) is 0 Å². The Bertz CT molecular complexity index is 131. The maximum Gasteiger partial charge on any atom is 0.419 e. The number of aliphatic hydroxyl groups is 1. The molecule has 0 radical (unpaired) electrons. The Kier molecular flexibility index (Phi) is 5.27. The van der Waals surface area contributed by atoms with Gasteiger partial charge in [-0.3, -0.25) is 0 Å². The largest absolute Gasteiger partial charge is 0.419 e. The summed E-state index contributed by atoms with van der Waals surface area (Å²) in [5.74, 6) is 0. The number of hydrogen-bond acceptors (Lipinski definition) is 3. The van der Waals surface area contributed by atoms with Gasteiger partial charge in [0.1, 0.15) is 0 Å². The lowest BCUT2D eigenvalue weighted by Gasteiger charge is -2.24. The Morgan fingerprint density at radius 3 is 1.77 bits per heavy atom. The van der Waals surface area contributed by atoms with Crippen molar-refractivity contribution in [3.8, 4) is 0 Å². The van der Waals surface area contributed by atoms with Crippen LogP contribution in [0.15, 0.2) is 0 Å². The molecule has 0 aromatic carbocycles. The minimum atomic E-state index is -4.71. The van der Waals surface area contributed by atoms with Crippen molar-refractivity contribution in [1.29, 1.82) is 0 Å². The van der Waals surface area contributed by atoms with Gasteiger partial charge in [-0.15, -0.1) is 0 Å². The van der Waals surface area contributed by atoms with Crippen LogP contribution >= 0.6 is 0 Å². The normalized spacial score (nSPS) is 15.0. The first-order chi connectivity index (χ1) is 5.93. The van der Waals surface area contributed by atoms with E-state index in [0.717, 1.165) is 0 Å². The van der Waals surface area contributed by atoms with Gasteiger partial charge in [0.15, 0.2) is 6.29 Å². The van der Waals surface area contributed by atoms with Gasteiger partial charge in [0, 0.05) is 13.2 Å². The van der Waals surface area contributed by atoms with Gasteiger partial charge in [-0.25, -0.2) is 0 Å². The van der Waals surface area contributed by atoms with E-state index >= 15 is 0 Å². The summed E-state index contributed by atoms with van der Waals surface area (Å²) in [6, 6.07) is 0. The Hall–Kier alpha value is -0.330. The van der Waals surface area contributed by atoms with Crippen LogP contribution in [-0.2, 0) is 9.47 Å². The predicted molar refractivity (Wildman–Crippen MR) is 39.1 cm³/mol. The molecule has 0 unspecified atom stereocenters. The molecule has 0 bridgehead atoms. The summed E-state index contributed by atoms with van der Waals surface area (Å²) in [4.78, 5) is 0. The Morgan fingerprint density at radius 1 is 1.15 bits per heavy atom. The molecule has 0 saturated heterocycles. The molecule has 0 saturated carbocycles. The second-order valence-electron chi connectivity index (χ2n) is 2.27. The van der Waals surface area contributed by atoms with Gasteiger partial charge in [0.05, 0.1) is 0 Å². The molecule has 0 heterocycles. The maximum atomic E-state index is 11.9. The minimum absolute atomic E-state index is 0.0534. The summed E-state index contributed by atoms with van der Waals surface area (Å²) in [6.07, 6.45) is -8.93. The number of rotatable bonds is 5. The summed E-state index contributed by atoms with van der Waals surface area (Å²) in [5, 5.41) is 8.73. The molecule has 0 fully saturated rings. The topological polar surface area (TPSA) is 38.7 Å². The van der Waals surface area contributed by atoms with Gasteiger partial charge < -0.3 is 14.6 Å². The van der Waals surface area contributed by atoms with E-state index in [1.165, 1.54) is 13.8 Å². The Labute approximate surface area is 74.4 Å². The summed E-state index contributed by atoms with van der Waals surface area (Å²) >= 11 is 0.